The van der Waals surface area contributed by atoms with Crippen molar-refractivity contribution in [3.05, 3.63) is 157 Å². The van der Waals surface area contributed by atoms with E-state index in [1.165, 1.54) is 18.2 Å². The molecule has 16 nitrogen and oxygen atoms in total. The highest BCUT2D eigenvalue weighted by atomic mass is 16.6. The maximum atomic E-state index is 13.7. The molecule has 0 amide bonds. The molecule has 0 saturated carbocycles. The van der Waals surface area contributed by atoms with Gasteiger partial charge in [-0.2, -0.15) is 10.2 Å². The minimum Gasteiger partial charge on any atom is -0.494 e. The zero-order valence-corrected chi connectivity index (χ0v) is 45.0. The van der Waals surface area contributed by atoms with Gasteiger partial charge in [-0.3, -0.25) is 0 Å². The molecule has 78 heavy (non-hydrogen) atoms. The lowest BCUT2D eigenvalue weighted by atomic mass is 10.0. The van der Waals surface area contributed by atoms with Gasteiger partial charge in [-0.25, -0.2) is 24.0 Å². The number of hydrogen-bond acceptors (Lipinski definition) is 16. The van der Waals surface area contributed by atoms with Crippen LogP contribution in [0.3, 0.4) is 0 Å². The van der Waals surface area contributed by atoms with E-state index in [1.54, 1.807) is 48.5 Å². The van der Waals surface area contributed by atoms with Crippen molar-refractivity contribution in [2.24, 2.45) is 10.2 Å². The molecule has 0 radical (unpaired) electrons. The van der Waals surface area contributed by atoms with Crippen molar-refractivity contribution < 1.29 is 61.9 Å². The van der Waals surface area contributed by atoms with E-state index in [0.717, 1.165) is 125 Å². The van der Waals surface area contributed by atoms with Crippen molar-refractivity contribution in [3.8, 4) is 28.7 Å². The van der Waals surface area contributed by atoms with E-state index in [9.17, 15) is 24.0 Å². The zero-order valence-electron chi connectivity index (χ0n) is 45.0. The largest absolute Gasteiger partial charge is 0.494 e. The summed E-state index contributed by atoms with van der Waals surface area (Å²) < 4.78 is 44.6. The Hall–Kier alpha value is -8.27. The van der Waals surface area contributed by atoms with Gasteiger partial charge in [0, 0.05) is 31.9 Å². The second kappa shape index (κ2) is 35.1. The molecule has 0 aromatic heterocycles. The third kappa shape index (κ3) is 23.3. The fraction of sp³-hybridized carbons (Fsp3) is 0.371. The summed E-state index contributed by atoms with van der Waals surface area (Å²) in [5, 5.41) is 8.65. The van der Waals surface area contributed by atoms with Crippen LogP contribution in [0.1, 0.15) is 127 Å². The van der Waals surface area contributed by atoms with Crippen LogP contribution >= 0.6 is 0 Å². The van der Waals surface area contributed by atoms with Crippen LogP contribution in [0.5, 0.6) is 28.7 Å². The van der Waals surface area contributed by atoms with Gasteiger partial charge in [0.2, 0.25) is 0 Å². The summed E-state index contributed by atoms with van der Waals surface area (Å²) in [5.74, 6) is -0.750. The van der Waals surface area contributed by atoms with Gasteiger partial charge in [0.1, 0.15) is 28.7 Å². The maximum Gasteiger partial charge on any atom is 0.344 e. The van der Waals surface area contributed by atoms with Gasteiger partial charge in [-0.05, 0) is 179 Å². The topological polar surface area (TPSA) is 187 Å². The van der Waals surface area contributed by atoms with Gasteiger partial charge in [-0.15, -0.1) is 0 Å². The number of nitrogens with zero attached hydrogens (tertiary/aromatic N) is 3. The number of azo groups is 1. The lowest BCUT2D eigenvalue weighted by Crippen LogP contribution is -2.18. The van der Waals surface area contributed by atoms with Crippen LogP contribution in [-0.2, 0) is 23.8 Å². The van der Waals surface area contributed by atoms with Crippen molar-refractivity contribution in [3.63, 3.8) is 0 Å². The molecule has 5 aromatic carbocycles. The second-order valence-electron chi connectivity index (χ2n) is 18.3. The summed E-state index contributed by atoms with van der Waals surface area (Å²) in [7, 11) is 3.99. The van der Waals surface area contributed by atoms with Crippen LogP contribution in [0.15, 0.2) is 151 Å². The molecule has 0 heterocycles. The summed E-state index contributed by atoms with van der Waals surface area (Å²) in [6, 6.07) is 32.6. The first kappa shape index (κ1) is 60.6. The molecule has 5 aromatic rings. The van der Waals surface area contributed by atoms with E-state index in [2.05, 4.69) is 23.4 Å². The Labute approximate surface area is 458 Å². The predicted molar refractivity (Wildman–Crippen MR) is 299 cm³/mol. The monoisotopic (exact) mass is 1070 g/mol. The van der Waals surface area contributed by atoms with Crippen molar-refractivity contribution in [1.29, 1.82) is 0 Å². The predicted octanol–water partition coefficient (Wildman–Crippen LogP) is 13.9. The molecule has 0 aliphatic carbocycles. The van der Waals surface area contributed by atoms with E-state index in [0.29, 0.717) is 51.0 Å². The third-order valence-electron chi connectivity index (χ3n) is 12.0. The van der Waals surface area contributed by atoms with Crippen molar-refractivity contribution in [1.82, 2.24) is 0 Å². The third-order valence-corrected chi connectivity index (χ3v) is 12.0. The first-order valence-electron chi connectivity index (χ1n) is 26.7. The number of carbonyl (C=O) groups is 5. The molecule has 0 unspecified atom stereocenters. The van der Waals surface area contributed by atoms with Crippen LogP contribution in [0.2, 0.25) is 0 Å². The Morgan fingerprint density at radius 1 is 0.397 bits per heavy atom. The van der Waals surface area contributed by atoms with Crippen LogP contribution in [-0.4, -0.2) is 83.6 Å². The molecule has 0 aliphatic heterocycles. The first-order chi connectivity index (χ1) is 38.0. The molecule has 0 bridgehead atoms. The lowest BCUT2D eigenvalue weighted by molar-refractivity contribution is -0.138. The van der Waals surface area contributed by atoms with E-state index >= 15 is 0 Å². The standard InChI is InChI=1S/C62H73N3O13/c1-5-58(66)74-43-19-14-12-17-41-72-52-31-35-54(36-32-52)77-60(68)47-22-39-56(62(70)78-55-37-33-53(34-38-55)73-42-18-13-15-20-44-75-59(67)6-2)57(46-47)61(69)76-45-21-11-9-7-8-10-16-40-71-51-29-25-49(26-30-51)64-63-48-23-27-50(28-24-48)65(3)4/h5-6,22-39,46H,1-2,7-21,40-45H2,3-4H3. The zero-order chi connectivity index (χ0) is 55.6. The molecule has 414 valence electrons. The number of unbranched alkanes of at least 4 members (excludes halogenated alkanes) is 12. The van der Waals surface area contributed by atoms with Crippen molar-refractivity contribution in [2.45, 2.75) is 96.3 Å². The maximum absolute atomic E-state index is 13.7. The first-order valence-corrected chi connectivity index (χ1v) is 26.7. The summed E-state index contributed by atoms with van der Waals surface area (Å²) in [6.45, 7) is 9.17. The fourth-order valence-corrected chi connectivity index (χ4v) is 7.58. The van der Waals surface area contributed by atoms with E-state index in [4.69, 9.17) is 37.9 Å². The highest BCUT2D eigenvalue weighted by molar-refractivity contribution is 6.06. The quantitative estimate of drug-likeness (QED) is 0.00912. The number of rotatable bonds is 37. The minimum atomic E-state index is -0.817. The Kier molecular flexibility index (Phi) is 27.3. The SMILES string of the molecule is C=CC(=O)OCCCCCCOc1ccc(OC(=O)c2ccc(C(=O)Oc3ccc(OCCCCCCOC(=O)C=C)cc3)c(C(=O)OCCCCCCCCCOc3ccc(N=Nc4ccc(N(C)C)cc4)cc3)c2)cc1. The molecular weight excluding hydrogens is 995 g/mol. The average molecular weight is 1070 g/mol. The molecule has 5 rings (SSSR count). The molecule has 0 N–H and O–H groups in total. The number of benzene rings is 5. The fourth-order valence-electron chi connectivity index (χ4n) is 7.58. The van der Waals surface area contributed by atoms with Gasteiger partial charge in [0.15, 0.2) is 0 Å². The van der Waals surface area contributed by atoms with Crippen molar-refractivity contribution >= 4 is 46.9 Å². The molecular formula is C62H73N3O13. The molecule has 0 fully saturated rings. The summed E-state index contributed by atoms with van der Waals surface area (Å²) in [6.07, 6.45) is 15.4. The van der Waals surface area contributed by atoms with Gasteiger partial charge in [-0.1, -0.05) is 45.3 Å². The molecule has 0 saturated heterocycles. The van der Waals surface area contributed by atoms with E-state index < -0.39 is 29.8 Å². The molecule has 0 atom stereocenters. The number of hydrogen-bond donors (Lipinski definition) is 0. The average Bonchev–Trinajstić information content (AvgIpc) is 3.48. The Balaban J connectivity index is 1.06. The number of anilines is 1. The minimum absolute atomic E-state index is 0.0277. The van der Waals surface area contributed by atoms with E-state index in [-0.39, 0.29) is 34.8 Å². The summed E-state index contributed by atoms with van der Waals surface area (Å²) >= 11 is 0. The van der Waals surface area contributed by atoms with Crippen molar-refractivity contribution in [2.75, 3.05) is 58.6 Å². The van der Waals surface area contributed by atoms with Gasteiger partial charge < -0.3 is 42.8 Å². The number of ether oxygens (including phenoxy) is 8. The Morgan fingerprint density at radius 2 is 0.756 bits per heavy atom. The number of esters is 5. The Morgan fingerprint density at radius 3 is 1.18 bits per heavy atom. The number of carbonyl (C=O) groups excluding carboxylic acids is 5. The summed E-state index contributed by atoms with van der Waals surface area (Å²) in [5.41, 5.74) is 2.43. The molecule has 16 heteroatoms. The van der Waals surface area contributed by atoms with Crippen LogP contribution < -0.4 is 28.6 Å². The van der Waals surface area contributed by atoms with Gasteiger partial charge in [0.05, 0.1) is 67.7 Å². The van der Waals surface area contributed by atoms with Gasteiger partial charge >= 0.3 is 29.8 Å². The highest BCUT2D eigenvalue weighted by Gasteiger charge is 2.23. The molecule has 0 aliphatic rings. The summed E-state index contributed by atoms with van der Waals surface area (Å²) in [4.78, 5) is 65.1. The highest BCUT2D eigenvalue weighted by Crippen LogP contribution is 2.26. The lowest BCUT2D eigenvalue weighted by Gasteiger charge is -2.12. The Bertz CT molecular complexity index is 2670. The van der Waals surface area contributed by atoms with Crippen LogP contribution in [0.25, 0.3) is 0 Å². The molecule has 0 spiro atoms. The van der Waals surface area contributed by atoms with Crippen LogP contribution in [0, 0.1) is 0 Å². The normalized spacial score (nSPS) is 10.8. The van der Waals surface area contributed by atoms with Crippen LogP contribution in [0.4, 0.5) is 17.1 Å². The van der Waals surface area contributed by atoms with E-state index in [1.807, 2.05) is 67.5 Å². The van der Waals surface area contributed by atoms with Gasteiger partial charge in [0.25, 0.3) is 0 Å². The smallest absolute Gasteiger partial charge is 0.344 e. The second-order valence-corrected chi connectivity index (χ2v) is 18.3.